The molecule has 0 aliphatic carbocycles. The van der Waals surface area contributed by atoms with E-state index in [1.807, 2.05) is 0 Å². The van der Waals surface area contributed by atoms with Crippen LogP contribution >= 0.6 is 0 Å². The van der Waals surface area contributed by atoms with Crippen LogP contribution in [0.15, 0.2) is 12.7 Å². The van der Waals surface area contributed by atoms with Crippen molar-refractivity contribution in [2.45, 2.75) is 37.7 Å². The highest BCUT2D eigenvalue weighted by Crippen LogP contribution is 2.42. The van der Waals surface area contributed by atoms with Gasteiger partial charge in [0, 0.05) is 6.04 Å². The number of hydrogen-bond acceptors (Lipinski definition) is 2. The highest BCUT2D eigenvalue weighted by Gasteiger charge is 2.59. The average molecular weight is 264 g/mol. The minimum atomic E-state index is -5.37. The maximum atomic E-state index is 12.3. The first-order valence-corrected chi connectivity index (χ1v) is 4.85. The van der Waals surface area contributed by atoms with Crippen molar-refractivity contribution in [3.63, 3.8) is 0 Å². The quantitative estimate of drug-likeness (QED) is 0.254. The van der Waals surface area contributed by atoms with E-state index in [0.717, 1.165) is 0 Å². The summed E-state index contributed by atoms with van der Waals surface area (Å²) in [6, 6.07) is -1.88. The largest absolute Gasteiger partial charge is 0.402 e. The standard InChI is InChI=1S/C9H14F6N2/c1-2-3-4-5-6(17-16)7(8(10,11)12)9(13,14)15/h2,6-7,17H,1,3-5,16H2. The van der Waals surface area contributed by atoms with Crippen molar-refractivity contribution in [1.29, 1.82) is 0 Å². The lowest BCUT2D eigenvalue weighted by Crippen LogP contribution is -2.53. The van der Waals surface area contributed by atoms with Gasteiger partial charge in [-0.3, -0.25) is 11.3 Å². The maximum Gasteiger partial charge on any atom is 0.402 e. The van der Waals surface area contributed by atoms with Gasteiger partial charge >= 0.3 is 12.4 Å². The number of allylic oxidation sites excluding steroid dienone is 1. The molecule has 3 N–H and O–H groups in total. The molecule has 1 unspecified atom stereocenters. The van der Waals surface area contributed by atoms with E-state index < -0.39 is 24.3 Å². The lowest BCUT2D eigenvalue weighted by Gasteiger charge is -2.30. The van der Waals surface area contributed by atoms with E-state index in [1.165, 1.54) is 6.08 Å². The van der Waals surface area contributed by atoms with Gasteiger partial charge in [-0.2, -0.15) is 26.3 Å². The minimum absolute atomic E-state index is 0.154. The average Bonchev–Trinajstić information content (AvgIpc) is 2.12. The summed E-state index contributed by atoms with van der Waals surface area (Å²) in [5, 5.41) is 0. The number of halogens is 6. The zero-order valence-electron chi connectivity index (χ0n) is 8.91. The van der Waals surface area contributed by atoms with Crippen LogP contribution in [0.1, 0.15) is 19.3 Å². The van der Waals surface area contributed by atoms with E-state index in [0.29, 0.717) is 6.42 Å². The lowest BCUT2D eigenvalue weighted by atomic mass is 9.94. The molecule has 8 heteroatoms. The Labute approximate surface area is 94.8 Å². The van der Waals surface area contributed by atoms with E-state index >= 15 is 0 Å². The first kappa shape index (κ1) is 16.2. The highest BCUT2D eigenvalue weighted by atomic mass is 19.4. The fourth-order valence-corrected chi connectivity index (χ4v) is 1.47. The van der Waals surface area contributed by atoms with Crippen LogP contribution in [-0.4, -0.2) is 18.4 Å². The monoisotopic (exact) mass is 264 g/mol. The molecule has 0 aromatic rings. The van der Waals surface area contributed by atoms with Crippen molar-refractivity contribution in [1.82, 2.24) is 5.43 Å². The number of rotatable bonds is 6. The van der Waals surface area contributed by atoms with Crippen molar-refractivity contribution in [3.8, 4) is 0 Å². The first-order valence-electron chi connectivity index (χ1n) is 4.85. The summed E-state index contributed by atoms with van der Waals surface area (Å²) in [6.45, 7) is 3.33. The maximum absolute atomic E-state index is 12.3. The molecule has 0 spiro atoms. The third-order valence-electron chi connectivity index (χ3n) is 2.25. The Bertz CT molecular complexity index is 221. The molecule has 0 rings (SSSR count). The Hall–Kier alpha value is -0.760. The summed E-state index contributed by atoms with van der Waals surface area (Å²) in [5.41, 5.74) is 1.60. The fraction of sp³-hybridized carbons (Fsp3) is 0.778. The number of unbranched alkanes of at least 4 members (excludes halogenated alkanes) is 1. The van der Waals surface area contributed by atoms with Gasteiger partial charge in [-0.1, -0.05) is 6.08 Å². The van der Waals surface area contributed by atoms with E-state index in [4.69, 9.17) is 5.84 Å². The Morgan fingerprint density at radius 3 is 1.88 bits per heavy atom. The third-order valence-corrected chi connectivity index (χ3v) is 2.25. The first-order chi connectivity index (χ1) is 7.64. The fourth-order valence-electron chi connectivity index (χ4n) is 1.47. The summed E-state index contributed by atoms with van der Waals surface area (Å²) < 4.78 is 74.0. The second-order valence-electron chi connectivity index (χ2n) is 3.55. The van der Waals surface area contributed by atoms with E-state index in [2.05, 4.69) is 6.58 Å². The number of nitrogens with one attached hydrogen (secondary N) is 1. The van der Waals surface area contributed by atoms with Crippen LogP contribution in [0.4, 0.5) is 26.3 Å². The van der Waals surface area contributed by atoms with Gasteiger partial charge in [-0.15, -0.1) is 6.58 Å². The van der Waals surface area contributed by atoms with Crippen molar-refractivity contribution in [2.75, 3.05) is 0 Å². The van der Waals surface area contributed by atoms with Gasteiger partial charge < -0.3 is 0 Å². The molecular formula is C9H14F6N2. The highest BCUT2D eigenvalue weighted by molar-refractivity contribution is 4.86. The molecule has 0 fully saturated rings. The van der Waals surface area contributed by atoms with Crippen LogP contribution in [0.5, 0.6) is 0 Å². The van der Waals surface area contributed by atoms with Gasteiger partial charge in [0.05, 0.1) is 0 Å². The molecule has 0 saturated carbocycles. The zero-order valence-corrected chi connectivity index (χ0v) is 8.91. The predicted molar refractivity (Wildman–Crippen MR) is 50.8 cm³/mol. The topological polar surface area (TPSA) is 38.0 Å². The van der Waals surface area contributed by atoms with E-state index in [9.17, 15) is 26.3 Å². The molecule has 1 atom stereocenters. The van der Waals surface area contributed by atoms with Crippen LogP contribution in [0, 0.1) is 5.92 Å². The molecule has 17 heavy (non-hydrogen) atoms. The van der Waals surface area contributed by atoms with Crippen LogP contribution < -0.4 is 11.3 Å². The second-order valence-corrected chi connectivity index (χ2v) is 3.55. The molecule has 102 valence electrons. The van der Waals surface area contributed by atoms with Crippen LogP contribution in [0.2, 0.25) is 0 Å². The normalized spacial score (nSPS) is 15.1. The molecule has 0 amide bonds. The van der Waals surface area contributed by atoms with Gasteiger partial charge in [-0.25, -0.2) is 0 Å². The Balaban J connectivity index is 4.81. The van der Waals surface area contributed by atoms with E-state index in [-0.39, 0.29) is 12.8 Å². The summed E-state index contributed by atoms with van der Waals surface area (Å²) in [4.78, 5) is 0. The number of hydrazine groups is 1. The summed E-state index contributed by atoms with van der Waals surface area (Å²) in [6.07, 6.45) is -9.16. The van der Waals surface area contributed by atoms with Crippen LogP contribution in [0.25, 0.3) is 0 Å². The van der Waals surface area contributed by atoms with E-state index in [1.54, 1.807) is 5.43 Å². The zero-order chi connectivity index (χ0) is 13.7. The minimum Gasteiger partial charge on any atom is -0.271 e. The van der Waals surface area contributed by atoms with Gasteiger partial charge in [-0.05, 0) is 19.3 Å². The smallest absolute Gasteiger partial charge is 0.271 e. The Kier molecular flexibility index (Phi) is 5.97. The molecule has 0 radical (unpaired) electrons. The Morgan fingerprint density at radius 2 is 1.59 bits per heavy atom. The molecule has 2 nitrogen and oxygen atoms in total. The number of alkyl halides is 6. The van der Waals surface area contributed by atoms with Crippen molar-refractivity contribution >= 4 is 0 Å². The number of nitrogens with two attached hydrogens (primary N) is 1. The van der Waals surface area contributed by atoms with Crippen LogP contribution in [0.3, 0.4) is 0 Å². The summed E-state index contributed by atoms with van der Waals surface area (Å²) in [5.74, 6) is 1.32. The second kappa shape index (κ2) is 6.25. The molecule has 0 heterocycles. The van der Waals surface area contributed by atoms with Gasteiger partial charge in [0.15, 0.2) is 5.92 Å². The van der Waals surface area contributed by atoms with Crippen molar-refractivity contribution in [2.24, 2.45) is 11.8 Å². The summed E-state index contributed by atoms with van der Waals surface area (Å²) >= 11 is 0. The third kappa shape index (κ3) is 5.40. The molecular weight excluding hydrogens is 250 g/mol. The molecule has 0 aliphatic heterocycles. The molecule has 0 aliphatic rings. The van der Waals surface area contributed by atoms with Gasteiger partial charge in [0.2, 0.25) is 0 Å². The Morgan fingerprint density at radius 1 is 1.12 bits per heavy atom. The predicted octanol–water partition coefficient (Wildman–Crippen LogP) is 2.92. The van der Waals surface area contributed by atoms with Crippen molar-refractivity contribution < 1.29 is 26.3 Å². The SMILES string of the molecule is C=CCCCC(NN)C(C(F)(F)F)C(F)(F)F. The van der Waals surface area contributed by atoms with Crippen LogP contribution in [-0.2, 0) is 0 Å². The van der Waals surface area contributed by atoms with Gasteiger partial charge in [0.25, 0.3) is 0 Å². The molecule has 0 aromatic heterocycles. The lowest BCUT2D eigenvalue weighted by molar-refractivity contribution is -0.292. The number of hydrogen-bond donors (Lipinski definition) is 2. The van der Waals surface area contributed by atoms with Gasteiger partial charge in [0.1, 0.15) is 0 Å². The summed E-state index contributed by atoms with van der Waals surface area (Å²) in [7, 11) is 0. The van der Waals surface area contributed by atoms with Crippen molar-refractivity contribution in [3.05, 3.63) is 12.7 Å². The molecule has 0 saturated heterocycles. The molecule has 0 bridgehead atoms. The molecule has 0 aromatic carbocycles.